The van der Waals surface area contributed by atoms with Crippen molar-refractivity contribution in [1.29, 1.82) is 0 Å². The molecule has 1 unspecified atom stereocenters. The van der Waals surface area contributed by atoms with Gasteiger partial charge < -0.3 is 29.5 Å². The van der Waals surface area contributed by atoms with Gasteiger partial charge in [0.05, 0.1) is 25.0 Å². The Morgan fingerprint density at radius 1 is 1.00 bits per heavy atom. The van der Waals surface area contributed by atoms with Crippen molar-refractivity contribution in [2.75, 3.05) is 25.0 Å². The first-order valence-electron chi connectivity index (χ1n) is 17.3. The number of hydrogen-bond acceptors (Lipinski definition) is 5. The zero-order valence-corrected chi connectivity index (χ0v) is 32.2. The number of allylic oxidation sites excluding steroid dienone is 2. The fourth-order valence-corrected chi connectivity index (χ4v) is 7.20. The molecule has 0 radical (unpaired) electrons. The van der Waals surface area contributed by atoms with Crippen LogP contribution in [0.1, 0.15) is 44.5 Å². The lowest BCUT2D eigenvalue weighted by molar-refractivity contribution is -0.121. The zero-order valence-electron chi connectivity index (χ0n) is 29.0. The number of carbonyl (C=O) groups excluding carboxylic acids is 1. The monoisotopic (exact) mass is 833 g/mol. The van der Waals surface area contributed by atoms with Gasteiger partial charge in [0.2, 0.25) is 5.91 Å². The van der Waals surface area contributed by atoms with Crippen LogP contribution in [0.15, 0.2) is 104 Å². The molecule has 0 fully saturated rings. The Hall–Kier alpha value is -4.20. The van der Waals surface area contributed by atoms with Crippen molar-refractivity contribution in [2.24, 2.45) is 4.99 Å². The summed E-state index contributed by atoms with van der Waals surface area (Å²) in [6, 6.07) is 23.3. The van der Waals surface area contributed by atoms with Gasteiger partial charge >= 0.3 is 7.40 Å². The molecule has 0 spiro atoms. The Morgan fingerprint density at radius 3 is 2.40 bits per heavy atom. The first kappa shape index (κ1) is 37.6. The molecular weight excluding hydrogens is 795 g/mol. The van der Waals surface area contributed by atoms with Gasteiger partial charge in [-0.1, -0.05) is 37.9 Å². The molecule has 3 aromatic carbocycles. The predicted octanol–water partition coefficient (Wildman–Crippen LogP) is 9.04. The van der Waals surface area contributed by atoms with Crippen molar-refractivity contribution >= 4 is 84.4 Å². The molecule has 2 aromatic heterocycles. The fraction of sp³-hybridized carbons (Fsp3) is 0.282. The number of ether oxygens (including phenoxy) is 1. The third-order valence-electron chi connectivity index (χ3n) is 8.97. The summed E-state index contributed by atoms with van der Waals surface area (Å²) < 4.78 is 39.0. The number of aryl methyl sites for hydroxylation is 1. The van der Waals surface area contributed by atoms with E-state index in [0.717, 1.165) is 58.6 Å². The Bertz CT molecular complexity index is 2120. The van der Waals surface area contributed by atoms with Gasteiger partial charge in [-0.05, 0) is 111 Å². The highest BCUT2D eigenvalue weighted by atomic mass is 79.9. The van der Waals surface area contributed by atoms with Gasteiger partial charge in [0.25, 0.3) is 0 Å². The first-order chi connectivity index (χ1) is 25.0. The minimum absolute atomic E-state index is 0.114. The highest BCUT2D eigenvalue weighted by molar-refractivity contribution is 9.10. The number of nitrogens with zero attached hydrogens (tertiary/aromatic N) is 3. The van der Waals surface area contributed by atoms with Crippen LogP contribution in [-0.4, -0.2) is 59.0 Å². The second-order valence-electron chi connectivity index (χ2n) is 12.9. The number of halogens is 4. The molecular formula is C39H40BBr2F2N5O3. The van der Waals surface area contributed by atoms with Crippen molar-refractivity contribution in [2.45, 2.75) is 52.2 Å². The second-order valence-corrected chi connectivity index (χ2v) is 14.7. The number of rotatable bonds is 16. The Labute approximate surface area is 319 Å². The van der Waals surface area contributed by atoms with E-state index in [0.29, 0.717) is 55.5 Å². The summed E-state index contributed by atoms with van der Waals surface area (Å²) >= 11 is 7.17. The topological polar surface area (TPSA) is 92.8 Å². The van der Waals surface area contributed by atoms with E-state index in [9.17, 15) is 18.5 Å². The molecule has 13 heteroatoms. The quantitative estimate of drug-likeness (QED) is 0.0684. The molecule has 3 N–H and O–H groups in total. The van der Waals surface area contributed by atoms with Gasteiger partial charge in [0.15, 0.2) is 0 Å². The predicted molar refractivity (Wildman–Crippen MR) is 214 cm³/mol. The summed E-state index contributed by atoms with van der Waals surface area (Å²) in [7, 11) is -2.72. The Kier molecular flexibility index (Phi) is 12.3. The highest BCUT2D eigenvalue weighted by Gasteiger charge is 2.24. The molecule has 0 saturated carbocycles. The third kappa shape index (κ3) is 9.23. The van der Waals surface area contributed by atoms with Crippen LogP contribution in [0.4, 0.5) is 14.3 Å². The molecule has 270 valence electrons. The smallest absolute Gasteiger partial charge is 0.494 e. The first-order valence-corrected chi connectivity index (χ1v) is 18.9. The molecule has 1 amide bonds. The number of unbranched alkanes of at least 4 members (excludes halogenated alkanes) is 1. The zero-order chi connectivity index (χ0) is 36.8. The highest BCUT2D eigenvalue weighted by Crippen LogP contribution is 2.33. The lowest BCUT2D eigenvalue weighted by Gasteiger charge is -2.16. The molecule has 0 bridgehead atoms. The van der Waals surface area contributed by atoms with Crippen molar-refractivity contribution in [1.82, 2.24) is 14.4 Å². The van der Waals surface area contributed by atoms with Gasteiger partial charge in [-0.2, -0.15) is 0 Å². The molecule has 3 heterocycles. The van der Waals surface area contributed by atoms with Crippen LogP contribution >= 0.6 is 31.9 Å². The van der Waals surface area contributed by atoms with Crippen molar-refractivity contribution in [3.63, 3.8) is 0 Å². The SMILES string of the molecule is CC1=CC(C)=N/C1=C\c1ccc(CCC(=O)NCCCCOc2cccc(NCC(O)Cn3c4ccc(Br)cc4c4cc(Br)ccc43)c2)n1B(F)F. The maximum atomic E-state index is 14.0. The molecule has 6 rings (SSSR count). The largest absolute Gasteiger partial charge is 0.677 e. The maximum absolute atomic E-state index is 14.0. The molecule has 1 aliphatic rings. The standard InChI is InChI=1S/C39H40BBr2F2N5O3/c1-25-18-26(2)47-36(25)22-31-11-10-30(49(31)40(43)44)12-15-39(51)45-16-3-4-17-52-33-7-5-6-29(21-33)46-23-32(50)24-48-37-13-8-27(41)19-34(37)35-20-28(42)9-14-38(35)48/h5-11,13-14,18-22,32,46,50H,3-4,12,15-17,23-24H2,1-2H3,(H,45,51)/b36-22-. The number of aromatic nitrogens is 2. The molecule has 0 saturated heterocycles. The maximum Gasteiger partial charge on any atom is 0.677 e. The fourth-order valence-electron chi connectivity index (χ4n) is 6.48. The number of amides is 1. The normalized spacial score (nSPS) is 14.2. The van der Waals surface area contributed by atoms with E-state index in [2.05, 4.69) is 76.3 Å². The average Bonchev–Trinajstić information content (AvgIpc) is 3.76. The van der Waals surface area contributed by atoms with E-state index < -0.39 is 13.5 Å². The number of anilines is 1. The number of carbonyl (C=O) groups is 1. The number of benzene rings is 3. The van der Waals surface area contributed by atoms with E-state index in [-0.39, 0.29) is 18.7 Å². The van der Waals surface area contributed by atoms with E-state index in [1.807, 2.05) is 56.3 Å². The third-order valence-corrected chi connectivity index (χ3v) is 9.95. The summed E-state index contributed by atoms with van der Waals surface area (Å²) in [5.74, 6) is 0.526. The minimum atomic E-state index is -2.72. The summed E-state index contributed by atoms with van der Waals surface area (Å²) in [5.41, 5.74) is 6.17. The van der Waals surface area contributed by atoms with Crippen molar-refractivity contribution in [3.05, 3.63) is 110 Å². The van der Waals surface area contributed by atoms with Crippen LogP contribution < -0.4 is 15.4 Å². The number of aliphatic hydroxyl groups is 1. The lowest BCUT2D eigenvalue weighted by Crippen LogP contribution is -2.26. The Balaban J connectivity index is 0.915. The number of aliphatic imine (C=N–C) groups is 1. The lowest BCUT2D eigenvalue weighted by atomic mass is 10.1. The van der Waals surface area contributed by atoms with E-state index in [1.165, 1.54) is 0 Å². The van der Waals surface area contributed by atoms with Crippen LogP contribution in [0, 0.1) is 0 Å². The second kappa shape index (κ2) is 17.1. The van der Waals surface area contributed by atoms with Gasteiger partial charge in [0, 0.05) is 79.1 Å². The van der Waals surface area contributed by atoms with Crippen LogP contribution in [0.2, 0.25) is 0 Å². The molecule has 5 aromatic rings. The summed E-state index contributed by atoms with van der Waals surface area (Å²) in [4.78, 5) is 16.9. The van der Waals surface area contributed by atoms with Gasteiger partial charge in [-0.3, -0.25) is 18.4 Å². The average molecular weight is 835 g/mol. The van der Waals surface area contributed by atoms with Gasteiger partial charge in [-0.25, -0.2) is 0 Å². The number of hydrogen-bond donors (Lipinski definition) is 3. The van der Waals surface area contributed by atoms with Gasteiger partial charge in [-0.15, -0.1) is 0 Å². The van der Waals surface area contributed by atoms with Gasteiger partial charge in [0.1, 0.15) is 5.75 Å². The van der Waals surface area contributed by atoms with Crippen LogP contribution in [0.3, 0.4) is 0 Å². The molecule has 52 heavy (non-hydrogen) atoms. The number of fused-ring (bicyclic) bond motifs is 3. The minimum Gasteiger partial charge on any atom is -0.494 e. The van der Waals surface area contributed by atoms with Crippen LogP contribution in [0.25, 0.3) is 27.9 Å². The number of aliphatic hydroxyl groups excluding tert-OH is 1. The Morgan fingerprint density at radius 2 is 1.73 bits per heavy atom. The van der Waals surface area contributed by atoms with Crippen LogP contribution in [0.5, 0.6) is 5.75 Å². The molecule has 8 nitrogen and oxygen atoms in total. The van der Waals surface area contributed by atoms with Crippen molar-refractivity contribution < 1.29 is 23.3 Å². The summed E-state index contributed by atoms with van der Waals surface area (Å²) in [6.45, 7) is 5.50. The number of nitrogens with one attached hydrogen (secondary N) is 2. The van der Waals surface area contributed by atoms with E-state index in [4.69, 9.17) is 4.74 Å². The molecule has 1 atom stereocenters. The molecule has 1 aliphatic heterocycles. The summed E-state index contributed by atoms with van der Waals surface area (Å²) in [5, 5.41) is 19.5. The van der Waals surface area contributed by atoms with Crippen molar-refractivity contribution in [3.8, 4) is 5.75 Å². The van der Waals surface area contributed by atoms with Crippen LogP contribution in [-0.2, 0) is 17.8 Å². The van der Waals surface area contributed by atoms with E-state index in [1.54, 1.807) is 18.2 Å². The summed E-state index contributed by atoms with van der Waals surface area (Å²) in [6.07, 6.45) is 4.69. The van der Waals surface area contributed by atoms with E-state index >= 15 is 0 Å². The molecule has 0 aliphatic carbocycles.